The third kappa shape index (κ3) is 5.50. The molecule has 2 heterocycles. The van der Waals surface area contributed by atoms with Crippen molar-refractivity contribution in [2.45, 2.75) is 37.9 Å². The van der Waals surface area contributed by atoms with Gasteiger partial charge in [0.2, 0.25) is 5.91 Å². The van der Waals surface area contributed by atoms with E-state index in [-0.39, 0.29) is 17.9 Å². The number of aliphatic hydroxyl groups excluding tert-OH is 1. The summed E-state index contributed by atoms with van der Waals surface area (Å²) in [5.74, 6) is 0.360. The second-order valence-corrected chi connectivity index (χ2v) is 6.63. The van der Waals surface area contributed by atoms with Gasteiger partial charge in [0.15, 0.2) is 0 Å². The first-order valence-corrected chi connectivity index (χ1v) is 8.37. The Bertz CT molecular complexity index is 337. The maximum atomic E-state index is 11.9. The number of piperidine rings is 1. The zero-order valence-corrected chi connectivity index (χ0v) is 13.9. The smallest absolute Gasteiger partial charge is 0.225 e. The molecule has 2 saturated heterocycles. The molecule has 0 aromatic rings. The quantitative estimate of drug-likeness (QED) is 0.734. The standard InChI is InChI=1S/C16H30N2O4/c1-17(2)16(20)13-5-7-18(8-6-13)10-14(19)11-21-12-15-4-3-9-22-15/h13-15,19H,3-12H2,1-2H3. The molecule has 1 amide bonds. The predicted octanol–water partition coefficient (Wildman–Crippen LogP) is 0.343. The SMILES string of the molecule is CN(C)C(=O)C1CCN(CC(O)COCC2CCCO2)CC1. The van der Waals surface area contributed by atoms with Gasteiger partial charge in [-0.1, -0.05) is 0 Å². The van der Waals surface area contributed by atoms with Gasteiger partial charge < -0.3 is 24.4 Å². The van der Waals surface area contributed by atoms with Crippen LogP contribution >= 0.6 is 0 Å². The van der Waals surface area contributed by atoms with Crippen LogP contribution in [0.25, 0.3) is 0 Å². The van der Waals surface area contributed by atoms with Crippen molar-refractivity contribution >= 4 is 5.91 Å². The zero-order chi connectivity index (χ0) is 15.9. The number of likely N-dealkylation sites (tertiary alicyclic amines) is 1. The van der Waals surface area contributed by atoms with Crippen LogP contribution in [0, 0.1) is 5.92 Å². The van der Waals surface area contributed by atoms with Crippen molar-refractivity contribution in [2.24, 2.45) is 5.92 Å². The minimum Gasteiger partial charge on any atom is -0.389 e. The molecule has 0 aromatic carbocycles. The van der Waals surface area contributed by atoms with Crippen molar-refractivity contribution in [1.29, 1.82) is 0 Å². The van der Waals surface area contributed by atoms with Crippen molar-refractivity contribution in [3.63, 3.8) is 0 Å². The Morgan fingerprint density at radius 1 is 1.36 bits per heavy atom. The van der Waals surface area contributed by atoms with Gasteiger partial charge in [0, 0.05) is 33.2 Å². The molecule has 0 saturated carbocycles. The number of amides is 1. The van der Waals surface area contributed by atoms with Gasteiger partial charge in [-0.05, 0) is 38.8 Å². The van der Waals surface area contributed by atoms with E-state index < -0.39 is 6.10 Å². The van der Waals surface area contributed by atoms with Crippen LogP contribution in [0.1, 0.15) is 25.7 Å². The molecule has 1 N–H and O–H groups in total. The molecule has 2 aliphatic heterocycles. The van der Waals surface area contributed by atoms with Crippen molar-refractivity contribution in [1.82, 2.24) is 9.80 Å². The van der Waals surface area contributed by atoms with Crippen molar-refractivity contribution in [2.75, 3.05) is 53.6 Å². The van der Waals surface area contributed by atoms with Gasteiger partial charge in [0.25, 0.3) is 0 Å². The predicted molar refractivity (Wildman–Crippen MR) is 83.7 cm³/mol. The van der Waals surface area contributed by atoms with E-state index >= 15 is 0 Å². The summed E-state index contributed by atoms with van der Waals surface area (Å²) in [6.45, 7) is 4.12. The highest BCUT2D eigenvalue weighted by molar-refractivity contribution is 5.78. The Kier molecular flexibility index (Phi) is 7.08. The molecule has 6 heteroatoms. The van der Waals surface area contributed by atoms with Crippen LogP contribution in [-0.4, -0.2) is 86.6 Å². The van der Waals surface area contributed by atoms with E-state index in [0.29, 0.717) is 19.8 Å². The van der Waals surface area contributed by atoms with Gasteiger partial charge in [-0.2, -0.15) is 0 Å². The number of hydrogen-bond donors (Lipinski definition) is 1. The van der Waals surface area contributed by atoms with Crippen molar-refractivity contribution in [3.8, 4) is 0 Å². The van der Waals surface area contributed by atoms with E-state index in [0.717, 1.165) is 45.4 Å². The Hall–Kier alpha value is -0.690. The molecule has 2 fully saturated rings. The van der Waals surface area contributed by atoms with E-state index in [2.05, 4.69) is 4.90 Å². The number of hydrogen-bond acceptors (Lipinski definition) is 5. The average Bonchev–Trinajstić information content (AvgIpc) is 3.00. The third-order valence-corrected chi connectivity index (χ3v) is 4.48. The molecule has 2 atom stereocenters. The molecule has 128 valence electrons. The third-order valence-electron chi connectivity index (χ3n) is 4.48. The molecule has 2 aliphatic rings. The number of carbonyl (C=O) groups is 1. The molecule has 0 aromatic heterocycles. The second-order valence-electron chi connectivity index (χ2n) is 6.63. The summed E-state index contributed by atoms with van der Waals surface area (Å²) in [6, 6.07) is 0. The molecular formula is C16H30N2O4. The summed E-state index contributed by atoms with van der Waals surface area (Å²) in [5, 5.41) is 10.1. The molecule has 0 radical (unpaired) electrons. The van der Waals surface area contributed by atoms with Crippen LogP contribution in [0.2, 0.25) is 0 Å². The summed E-state index contributed by atoms with van der Waals surface area (Å²) >= 11 is 0. The minimum atomic E-state index is -0.470. The maximum absolute atomic E-state index is 11.9. The van der Waals surface area contributed by atoms with Gasteiger partial charge in [0.1, 0.15) is 0 Å². The second kappa shape index (κ2) is 8.82. The summed E-state index contributed by atoms with van der Waals surface area (Å²) < 4.78 is 11.0. The highest BCUT2D eigenvalue weighted by atomic mass is 16.5. The fourth-order valence-corrected chi connectivity index (χ4v) is 3.19. The summed E-state index contributed by atoms with van der Waals surface area (Å²) in [7, 11) is 3.62. The van der Waals surface area contributed by atoms with E-state index in [9.17, 15) is 9.90 Å². The molecule has 2 rings (SSSR count). The molecule has 6 nitrogen and oxygen atoms in total. The maximum Gasteiger partial charge on any atom is 0.225 e. The van der Waals surface area contributed by atoms with Crippen molar-refractivity contribution < 1.29 is 19.4 Å². The zero-order valence-electron chi connectivity index (χ0n) is 13.9. The number of nitrogens with zero attached hydrogens (tertiary/aromatic N) is 2. The average molecular weight is 314 g/mol. The normalized spacial score (nSPS) is 25.3. The lowest BCUT2D eigenvalue weighted by Gasteiger charge is -2.33. The highest BCUT2D eigenvalue weighted by Gasteiger charge is 2.27. The van der Waals surface area contributed by atoms with E-state index in [4.69, 9.17) is 9.47 Å². The molecule has 0 aliphatic carbocycles. The summed E-state index contributed by atoms with van der Waals surface area (Å²) in [4.78, 5) is 15.8. The number of aliphatic hydroxyl groups is 1. The molecule has 0 spiro atoms. The Morgan fingerprint density at radius 3 is 2.68 bits per heavy atom. The molecule has 22 heavy (non-hydrogen) atoms. The number of rotatable bonds is 7. The van der Waals surface area contributed by atoms with E-state index in [1.165, 1.54) is 0 Å². The molecule has 0 bridgehead atoms. The lowest BCUT2D eigenvalue weighted by Crippen LogP contribution is -2.43. The van der Waals surface area contributed by atoms with Crippen molar-refractivity contribution in [3.05, 3.63) is 0 Å². The fraction of sp³-hybridized carbons (Fsp3) is 0.938. The Labute approximate surface area is 133 Å². The molecular weight excluding hydrogens is 284 g/mol. The Morgan fingerprint density at radius 2 is 2.09 bits per heavy atom. The topological polar surface area (TPSA) is 62.2 Å². The lowest BCUT2D eigenvalue weighted by molar-refractivity contribution is -0.134. The van der Waals surface area contributed by atoms with E-state index in [1.54, 1.807) is 4.90 Å². The highest BCUT2D eigenvalue weighted by Crippen LogP contribution is 2.19. The van der Waals surface area contributed by atoms with Gasteiger partial charge in [-0.25, -0.2) is 0 Å². The van der Waals surface area contributed by atoms with Crippen LogP contribution in [-0.2, 0) is 14.3 Å². The summed E-state index contributed by atoms with van der Waals surface area (Å²) in [5.41, 5.74) is 0. The van der Waals surface area contributed by atoms with Gasteiger partial charge >= 0.3 is 0 Å². The van der Waals surface area contributed by atoms with Gasteiger partial charge in [0.05, 0.1) is 25.4 Å². The lowest BCUT2D eigenvalue weighted by atomic mass is 9.95. The fourth-order valence-electron chi connectivity index (χ4n) is 3.19. The minimum absolute atomic E-state index is 0.138. The summed E-state index contributed by atoms with van der Waals surface area (Å²) in [6.07, 6.45) is 3.66. The number of carbonyl (C=O) groups excluding carboxylic acids is 1. The van der Waals surface area contributed by atoms with Crippen LogP contribution < -0.4 is 0 Å². The first-order valence-electron chi connectivity index (χ1n) is 8.37. The largest absolute Gasteiger partial charge is 0.389 e. The molecule has 2 unspecified atom stereocenters. The van der Waals surface area contributed by atoms with E-state index in [1.807, 2.05) is 14.1 Å². The first-order chi connectivity index (χ1) is 10.6. The monoisotopic (exact) mass is 314 g/mol. The van der Waals surface area contributed by atoms with Gasteiger partial charge in [-0.15, -0.1) is 0 Å². The van der Waals surface area contributed by atoms with Gasteiger partial charge in [-0.3, -0.25) is 4.79 Å². The van der Waals surface area contributed by atoms with Crippen LogP contribution in [0.5, 0.6) is 0 Å². The number of β-amino-alcohol motifs (C(OH)–C–C–N with tert-alkyl or cyclic N) is 1. The van der Waals surface area contributed by atoms with Crippen LogP contribution in [0.3, 0.4) is 0 Å². The Balaban J connectivity index is 1.57. The van der Waals surface area contributed by atoms with Crippen LogP contribution in [0.15, 0.2) is 0 Å². The number of ether oxygens (including phenoxy) is 2. The first kappa shape index (κ1) is 17.7. The van der Waals surface area contributed by atoms with Crippen LogP contribution in [0.4, 0.5) is 0 Å².